The lowest BCUT2D eigenvalue weighted by Crippen LogP contribution is -2.32. The molecular weight excluding hydrogens is 252 g/mol. The van der Waals surface area contributed by atoms with E-state index in [4.69, 9.17) is 16.3 Å². The van der Waals surface area contributed by atoms with E-state index in [2.05, 4.69) is 0 Å². The van der Waals surface area contributed by atoms with Gasteiger partial charge in [0.1, 0.15) is 6.10 Å². The minimum atomic E-state index is -1.47. The average Bonchev–Trinajstić information content (AvgIpc) is 2.55. The van der Waals surface area contributed by atoms with Crippen LogP contribution in [-0.2, 0) is 4.74 Å². The average molecular weight is 261 g/mol. The Labute approximate surface area is 99.5 Å². The molecule has 1 aliphatic rings. The summed E-state index contributed by atoms with van der Waals surface area (Å²) in [6.45, 7) is 0. The number of aliphatic hydroxyl groups excluding tert-OH is 2. The molecule has 0 amide bonds. The van der Waals surface area contributed by atoms with Crippen molar-refractivity contribution >= 4 is 11.6 Å². The molecule has 2 rings (SSSR count). The molecule has 0 aliphatic carbocycles. The molecule has 0 radical (unpaired) electrons. The van der Waals surface area contributed by atoms with Crippen LogP contribution >= 0.6 is 11.6 Å². The third-order valence-corrected chi connectivity index (χ3v) is 2.65. The van der Waals surface area contributed by atoms with Crippen LogP contribution in [-0.4, -0.2) is 32.2 Å². The maximum Gasteiger partial charge on any atom is 0.330 e. The number of rotatable bonds is 1. The van der Waals surface area contributed by atoms with E-state index in [-0.39, 0.29) is 5.57 Å². The molecule has 1 aliphatic heterocycles. The summed E-state index contributed by atoms with van der Waals surface area (Å²) in [5.41, 5.74) is -0.113. The summed E-state index contributed by atoms with van der Waals surface area (Å²) >= 11 is 5.50. The lowest BCUT2D eigenvalue weighted by molar-refractivity contribution is -0.142. The van der Waals surface area contributed by atoms with Gasteiger partial charge in [0.15, 0.2) is 12.5 Å². The lowest BCUT2D eigenvalue weighted by atomic mass is 10.2. The molecule has 1 aromatic rings. The van der Waals surface area contributed by atoms with E-state index in [1.165, 1.54) is 6.20 Å². The quantitative estimate of drug-likeness (QED) is 0.592. The zero-order chi connectivity index (χ0) is 12.6. The molecule has 0 spiro atoms. The van der Waals surface area contributed by atoms with Crippen LogP contribution in [0.5, 0.6) is 0 Å². The third kappa shape index (κ3) is 2.05. The number of aromatic amines is 1. The van der Waals surface area contributed by atoms with E-state index >= 15 is 0 Å². The summed E-state index contributed by atoms with van der Waals surface area (Å²) in [4.78, 5) is 24.4. The second kappa shape index (κ2) is 4.46. The van der Waals surface area contributed by atoms with E-state index in [1.807, 2.05) is 4.98 Å². The van der Waals surface area contributed by atoms with Gasteiger partial charge in [-0.15, -0.1) is 0 Å². The Morgan fingerprint density at radius 3 is 2.76 bits per heavy atom. The first-order chi connectivity index (χ1) is 8.04. The smallest absolute Gasteiger partial charge is 0.330 e. The predicted molar refractivity (Wildman–Crippen MR) is 57.4 cm³/mol. The van der Waals surface area contributed by atoms with Gasteiger partial charge in [-0.2, -0.15) is 0 Å². The minimum absolute atomic E-state index is 0.133. The summed E-state index contributed by atoms with van der Waals surface area (Å²) in [6, 6.07) is 1.12. The predicted octanol–water partition coefficient (Wildman–Crippen LogP) is -1.13. The molecule has 1 aromatic heterocycles. The Hall–Kier alpha value is -1.41. The summed E-state index contributed by atoms with van der Waals surface area (Å²) in [5, 5.41) is 18.8. The van der Waals surface area contributed by atoms with Crippen molar-refractivity contribution in [1.82, 2.24) is 9.55 Å². The monoisotopic (exact) mass is 260 g/mol. The van der Waals surface area contributed by atoms with Crippen LogP contribution in [0.15, 0.2) is 33.0 Å². The van der Waals surface area contributed by atoms with Gasteiger partial charge in [-0.3, -0.25) is 14.3 Å². The molecule has 0 unspecified atom stereocenters. The summed E-state index contributed by atoms with van der Waals surface area (Å²) < 4.78 is 5.99. The lowest BCUT2D eigenvalue weighted by Gasteiger charge is -2.13. The SMILES string of the molecule is O=c1ccn([C@@H]2O[C@H](O)[C@@H](O)/C2=C\Cl)c(=O)[nH]1. The minimum Gasteiger partial charge on any atom is -0.383 e. The topological polar surface area (TPSA) is 105 Å². The molecule has 3 atom stereocenters. The number of ether oxygens (including phenoxy) is 1. The van der Waals surface area contributed by atoms with Gasteiger partial charge in [0.25, 0.3) is 5.56 Å². The molecule has 92 valence electrons. The largest absolute Gasteiger partial charge is 0.383 e. The van der Waals surface area contributed by atoms with Gasteiger partial charge >= 0.3 is 5.69 Å². The van der Waals surface area contributed by atoms with Crippen molar-refractivity contribution in [1.29, 1.82) is 0 Å². The molecule has 2 heterocycles. The van der Waals surface area contributed by atoms with Gasteiger partial charge in [-0.05, 0) is 0 Å². The molecule has 0 aromatic carbocycles. The standard InChI is InChI=1S/C9H9ClN2O5/c10-3-4-6(14)8(15)17-7(4)12-2-1-5(13)11-9(12)16/h1-3,6-8,14-15H,(H,11,13,16)/b4-3+/t6-,7+,8-/m0/s1. The highest BCUT2D eigenvalue weighted by atomic mass is 35.5. The fourth-order valence-corrected chi connectivity index (χ4v) is 1.79. The van der Waals surface area contributed by atoms with Crippen molar-refractivity contribution in [2.75, 3.05) is 0 Å². The first-order valence-corrected chi connectivity index (χ1v) is 5.11. The zero-order valence-electron chi connectivity index (χ0n) is 8.41. The molecule has 17 heavy (non-hydrogen) atoms. The number of halogens is 1. The highest BCUT2D eigenvalue weighted by Crippen LogP contribution is 2.32. The fourth-order valence-electron chi connectivity index (χ4n) is 1.55. The van der Waals surface area contributed by atoms with Crippen molar-refractivity contribution in [3.8, 4) is 0 Å². The highest BCUT2D eigenvalue weighted by Gasteiger charge is 2.39. The van der Waals surface area contributed by atoms with Crippen LogP contribution < -0.4 is 11.2 Å². The van der Waals surface area contributed by atoms with Crippen LogP contribution in [0.25, 0.3) is 0 Å². The zero-order valence-corrected chi connectivity index (χ0v) is 9.16. The molecule has 8 heteroatoms. The van der Waals surface area contributed by atoms with Crippen molar-refractivity contribution in [2.24, 2.45) is 0 Å². The fraction of sp³-hybridized carbons (Fsp3) is 0.333. The second-order valence-corrected chi connectivity index (χ2v) is 3.67. The van der Waals surface area contributed by atoms with Crippen molar-refractivity contribution < 1.29 is 14.9 Å². The van der Waals surface area contributed by atoms with E-state index in [1.54, 1.807) is 0 Å². The van der Waals surface area contributed by atoms with E-state index < -0.39 is 29.9 Å². The van der Waals surface area contributed by atoms with Gasteiger partial charge in [0.05, 0.1) is 0 Å². The summed E-state index contributed by atoms with van der Waals surface area (Å²) in [7, 11) is 0. The molecule has 7 nitrogen and oxygen atoms in total. The summed E-state index contributed by atoms with van der Waals surface area (Å²) in [5.74, 6) is 0. The Morgan fingerprint density at radius 1 is 1.47 bits per heavy atom. The summed E-state index contributed by atoms with van der Waals surface area (Å²) in [6.07, 6.45) is -2.63. The molecule has 0 bridgehead atoms. The number of nitrogens with one attached hydrogen (secondary N) is 1. The Balaban J connectivity index is 2.48. The first kappa shape index (κ1) is 12.1. The maximum atomic E-state index is 11.5. The number of aromatic nitrogens is 2. The number of aliphatic hydroxyl groups is 2. The van der Waals surface area contributed by atoms with Crippen LogP contribution in [0.3, 0.4) is 0 Å². The Bertz CT molecular complexity index is 563. The number of hydrogen-bond donors (Lipinski definition) is 3. The molecule has 3 N–H and O–H groups in total. The van der Waals surface area contributed by atoms with Crippen LogP contribution in [0.4, 0.5) is 0 Å². The molecular formula is C9H9ClN2O5. The number of H-pyrrole nitrogens is 1. The molecule has 0 saturated carbocycles. The van der Waals surface area contributed by atoms with Gasteiger partial charge in [-0.1, -0.05) is 11.6 Å². The third-order valence-electron chi connectivity index (χ3n) is 2.39. The van der Waals surface area contributed by atoms with Crippen LogP contribution in [0.2, 0.25) is 0 Å². The van der Waals surface area contributed by atoms with Gasteiger partial charge in [-0.25, -0.2) is 4.79 Å². The number of nitrogens with zero attached hydrogens (tertiary/aromatic N) is 1. The molecule has 1 fully saturated rings. The van der Waals surface area contributed by atoms with Crippen molar-refractivity contribution in [2.45, 2.75) is 18.6 Å². The van der Waals surface area contributed by atoms with Gasteiger partial charge in [0, 0.05) is 23.4 Å². The Kier molecular flexibility index (Phi) is 3.16. The normalized spacial score (nSPS) is 31.0. The maximum absolute atomic E-state index is 11.5. The van der Waals surface area contributed by atoms with Gasteiger partial charge < -0.3 is 14.9 Å². The molecule has 1 saturated heterocycles. The van der Waals surface area contributed by atoms with Crippen molar-refractivity contribution in [3.05, 3.63) is 44.2 Å². The number of hydrogen-bond acceptors (Lipinski definition) is 5. The van der Waals surface area contributed by atoms with Crippen LogP contribution in [0, 0.1) is 0 Å². The highest BCUT2D eigenvalue weighted by molar-refractivity contribution is 6.25. The Morgan fingerprint density at radius 2 is 2.18 bits per heavy atom. The van der Waals surface area contributed by atoms with E-state index in [0.29, 0.717) is 0 Å². The first-order valence-electron chi connectivity index (χ1n) is 4.68. The van der Waals surface area contributed by atoms with Crippen LogP contribution in [0.1, 0.15) is 6.23 Å². The second-order valence-electron chi connectivity index (χ2n) is 3.45. The van der Waals surface area contributed by atoms with Gasteiger partial charge in [0.2, 0.25) is 0 Å². The van der Waals surface area contributed by atoms with Crippen molar-refractivity contribution in [3.63, 3.8) is 0 Å². The van der Waals surface area contributed by atoms with E-state index in [0.717, 1.165) is 16.2 Å². The van der Waals surface area contributed by atoms with E-state index in [9.17, 15) is 19.8 Å².